The first kappa shape index (κ1) is 9.38. The van der Waals surface area contributed by atoms with Crippen molar-refractivity contribution < 1.29 is 4.79 Å². The van der Waals surface area contributed by atoms with Crippen molar-refractivity contribution in [2.45, 2.75) is 13.0 Å². The van der Waals surface area contributed by atoms with Gasteiger partial charge in [0.25, 0.3) is 0 Å². The van der Waals surface area contributed by atoms with Crippen molar-refractivity contribution in [2.24, 2.45) is 0 Å². The summed E-state index contributed by atoms with van der Waals surface area (Å²) in [6, 6.07) is 0. The summed E-state index contributed by atoms with van der Waals surface area (Å²) in [6.07, 6.45) is 6.54. The fourth-order valence-corrected chi connectivity index (χ4v) is 1.11. The minimum Gasteiger partial charge on any atom is -0.323 e. The zero-order chi connectivity index (χ0) is 10.5. The van der Waals surface area contributed by atoms with Gasteiger partial charge in [-0.2, -0.15) is 10.2 Å². The maximum absolute atomic E-state index is 11.4. The standard InChI is InChI=1S/C8H10N6O/c15-8(13-7-3-10-11-4-7)1-2-14-6-9-5-12-14/h3-6H,1-2H2,(H,10,11)(H,13,15). The van der Waals surface area contributed by atoms with E-state index in [1.807, 2.05) is 0 Å². The monoisotopic (exact) mass is 206 g/mol. The molecule has 2 N–H and O–H groups in total. The van der Waals surface area contributed by atoms with Crippen LogP contribution in [-0.4, -0.2) is 30.9 Å². The first-order valence-corrected chi connectivity index (χ1v) is 4.45. The highest BCUT2D eigenvalue weighted by atomic mass is 16.1. The number of aromatic amines is 1. The van der Waals surface area contributed by atoms with Crippen molar-refractivity contribution in [3.8, 4) is 0 Å². The number of aryl methyl sites for hydroxylation is 1. The lowest BCUT2D eigenvalue weighted by Crippen LogP contribution is -2.14. The molecule has 0 saturated carbocycles. The molecule has 15 heavy (non-hydrogen) atoms. The summed E-state index contributed by atoms with van der Waals surface area (Å²) in [6.45, 7) is 0.518. The Kier molecular flexibility index (Phi) is 2.72. The second-order valence-corrected chi connectivity index (χ2v) is 2.94. The maximum Gasteiger partial charge on any atom is 0.226 e. The van der Waals surface area contributed by atoms with E-state index in [2.05, 4.69) is 25.6 Å². The molecule has 2 aromatic heterocycles. The molecule has 2 rings (SSSR count). The lowest BCUT2D eigenvalue weighted by Gasteiger charge is -2.01. The van der Waals surface area contributed by atoms with Crippen LogP contribution in [0.4, 0.5) is 5.69 Å². The molecule has 7 heteroatoms. The third kappa shape index (κ3) is 2.63. The SMILES string of the molecule is O=C(CCn1cncn1)Nc1cn[nH]c1. The number of anilines is 1. The van der Waals surface area contributed by atoms with Gasteiger partial charge in [0.2, 0.25) is 5.91 Å². The molecule has 0 bridgehead atoms. The van der Waals surface area contributed by atoms with E-state index in [-0.39, 0.29) is 5.91 Å². The molecule has 0 aliphatic carbocycles. The highest BCUT2D eigenvalue weighted by molar-refractivity contribution is 5.90. The van der Waals surface area contributed by atoms with Crippen molar-refractivity contribution in [1.82, 2.24) is 25.0 Å². The quantitative estimate of drug-likeness (QED) is 0.738. The number of amides is 1. The van der Waals surface area contributed by atoms with Crippen LogP contribution in [0.15, 0.2) is 25.0 Å². The van der Waals surface area contributed by atoms with E-state index >= 15 is 0 Å². The number of nitrogens with zero attached hydrogens (tertiary/aromatic N) is 4. The summed E-state index contributed by atoms with van der Waals surface area (Å²) in [7, 11) is 0. The molecule has 2 heterocycles. The molecule has 0 saturated heterocycles. The predicted octanol–water partition coefficient (Wildman–Crippen LogP) is 0.0300. The van der Waals surface area contributed by atoms with Crippen LogP contribution < -0.4 is 5.32 Å². The average molecular weight is 206 g/mol. The van der Waals surface area contributed by atoms with E-state index in [0.29, 0.717) is 18.7 Å². The number of rotatable bonds is 4. The molecule has 0 aliphatic rings. The van der Waals surface area contributed by atoms with Crippen molar-refractivity contribution >= 4 is 11.6 Å². The van der Waals surface area contributed by atoms with Gasteiger partial charge in [-0.3, -0.25) is 14.6 Å². The Morgan fingerprint density at radius 3 is 3.20 bits per heavy atom. The van der Waals surface area contributed by atoms with Crippen molar-refractivity contribution in [3.05, 3.63) is 25.0 Å². The van der Waals surface area contributed by atoms with Crippen LogP contribution in [0.5, 0.6) is 0 Å². The largest absolute Gasteiger partial charge is 0.323 e. The van der Waals surface area contributed by atoms with Gasteiger partial charge in [-0.1, -0.05) is 0 Å². The normalized spacial score (nSPS) is 10.1. The van der Waals surface area contributed by atoms with E-state index in [0.717, 1.165) is 0 Å². The Hall–Kier alpha value is -2.18. The van der Waals surface area contributed by atoms with Gasteiger partial charge in [-0.05, 0) is 0 Å². The van der Waals surface area contributed by atoms with Crippen LogP contribution in [0, 0.1) is 0 Å². The molecule has 7 nitrogen and oxygen atoms in total. The highest BCUT2D eigenvalue weighted by Crippen LogP contribution is 2.01. The van der Waals surface area contributed by atoms with Gasteiger partial charge in [0, 0.05) is 12.6 Å². The molecule has 0 spiro atoms. The molecule has 0 fully saturated rings. The Morgan fingerprint density at radius 1 is 1.60 bits per heavy atom. The lowest BCUT2D eigenvalue weighted by molar-refractivity contribution is -0.116. The van der Waals surface area contributed by atoms with Gasteiger partial charge in [0.05, 0.1) is 18.4 Å². The van der Waals surface area contributed by atoms with Gasteiger partial charge in [0.1, 0.15) is 12.7 Å². The highest BCUT2D eigenvalue weighted by Gasteiger charge is 2.03. The van der Waals surface area contributed by atoms with E-state index in [4.69, 9.17) is 0 Å². The second-order valence-electron chi connectivity index (χ2n) is 2.94. The third-order valence-corrected chi connectivity index (χ3v) is 1.82. The smallest absolute Gasteiger partial charge is 0.226 e. The number of H-pyrrole nitrogens is 1. The van der Waals surface area contributed by atoms with Gasteiger partial charge >= 0.3 is 0 Å². The summed E-state index contributed by atoms with van der Waals surface area (Å²) < 4.78 is 1.61. The van der Waals surface area contributed by atoms with Crippen molar-refractivity contribution in [2.75, 3.05) is 5.32 Å². The first-order valence-electron chi connectivity index (χ1n) is 4.45. The molecule has 1 amide bonds. The maximum atomic E-state index is 11.4. The number of hydrogen-bond acceptors (Lipinski definition) is 4. The van der Waals surface area contributed by atoms with Gasteiger partial charge in [0.15, 0.2) is 0 Å². The third-order valence-electron chi connectivity index (χ3n) is 1.82. The van der Waals surface area contributed by atoms with Crippen LogP contribution >= 0.6 is 0 Å². The number of nitrogens with one attached hydrogen (secondary N) is 2. The Balaban J connectivity index is 1.78. The summed E-state index contributed by atoms with van der Waals surface area (Å²) in [5, 5.41) is 12.9. The summed E-state index contributed by atoms with van der Waals surface area (Å²) in [5.74, 6) is -0.0769. The molecular formula is C8H10N6O. The molecular weight excluding hydrogens is 196 g/mol. The molecule has 0 aromatic carbocycles. The van der Waals surface area contributed by atoms with Crippen molar-refractivity contribution in [1.29, 1.82) is 0 Å². The second kappa shape index (κ2) is 4.36. The fraction of sp³-hybridized carbons (Fsp3) is 0.250. The van der Waals surface area contributed by atoms with Crippen LogP contribution in [0.3, 0.4) is 0 Å². The van der Waals surface area contributed by atoms with Crippen molar-refractivity contribution in [3.63, 3.8) is 0 Å². The number of aromatic nitrogens is 5. The molecule has 2 aromatic rings. The van der Waals surface area contributed by atoms with Crippen LogP contribution in [0.2, 0.25) is 0 Å². The molecule has 0 atom stereocenters. The molecule has 0 unspecified atom stereocenters. The minimum absolute atomic E-state index is 0.0769. The topological polar surface area (TPSA) is 88.5 Å². The first-order chi connectivity index (χ1) is 7.34. The number of carbonyl (C=O) groups is 1. The minimum atomic E-state index is -0.0769. The summed E-state index contributed by atoms with van der Waals surface area (Å²) in [4.78, 5) is 15.2. The van der Waals surface area contributed by atoms with E-state index in [1.54, 1.807) is 23.4 Å². The van der Waals surface area contributed by atoms with Crippen LogP contribution in [-0.2, 0) is 11.3 Å². The Bertz CT molecular complexity index is 406. The predicted molar refractivity (Wildman–Crippen MR) is 51.9 cm³/mol. The van der Waals surface area contributed by atoms with Crippen LogP contribution in [0.25, 0.3) is 0 Å². The molecule has 0 aliphatic heterocycles. The molecule has 78 valence electrons. The van der Waals surface area contributed by atoms with Gasteiger partial charge in [-0.25, -0.2) is 4.98 Å². The number of carbonyl (C=O) groups excluding carboxylic acids is 1. The van der Waals surface area contributed by atoms with E-state index in [1.165, 1.54) is 6.33 Å². The lowest BCUT2D eigenvalue weighted by atomic mass is 10.4. The summed E-state index contributed by atoms with van der Waals surface area (Å²) >= 11 is 0. The van der Waals surface area contributed by atoms with Gasteiger partial charge in [-0.15, -0.1) is 0 Å². The zero-order valence-corrected chi connectivity index (χ0v) is 7.92. The average Bonchev–Trinajstić information content (AvgIpc) is 2.86. The zero-order valence-electron chi connectivity index (χ0n) is 7.92. The van der Waals surface area contributed by atoms with E-state index < -0.39 is 0 Å². The fourth-order valence-electron chi connectivity index (χ4n) is 1.11. The Morgan fingerprint density at radius 2 is 2.53 bits per heavy atom. The molecule has 0 radical (unpaired) electrons. The van der Waals surface area contributed by atoms with Gasteiger partial charge < -0.3 is 5.32 Å². The summed E-state index contributed by atoms with van der Waals surface area (Å²) in [5.41, 5.74) is 0.665. The Labute approximate surface area is 85.5 Å². The van der Waals surface area contributed by atoms with Crippen LogP contribution in [0.1, 0.15) is 6.42 Å². The number of hydrogen-bond donors (Lipinski definition) is 2. The van der Waals surface area contributed by atoms with E-state index in [9.17, 15) is 4.79 Å².